The Labute approximate surface area is 186 Å². The van der Waals surface area contributed by atoms with Gasteiger partial charge in [0.2, 0.25) is 0 Å². The van der Waals surface area contributed by atoms with Crippen LogP contribution in [0, 0.1) is 0 Å². The quantitative estimate of drug-likeness (QED) is 0.185. The fourth-order valence-electron chi connectivity index (χ4n) is 3.32. The molecule has 2 aliphatic heterocycles. The molecule has 29 heavy (non-hydrogen) atoms. The molecule has 0 aromatic carbocycles. The van der Waals surface area contributed by atoms with Gasteiger partial charge in [-0.2, -0.15) is 0 Å². The van der Waals surface area contributed by atoms with Crippen molar-refractivity contribution in [2.45, 2.75) is 67.2 Å². The van der Waals surface area contributed by atoms with Crippen LogP contribution >= 0.6 is 0 Å². The van der Waals surface area contributed by atoms with E-state index in [0.29, 0.717) is 0 Å². The fraction of sp³-hybridized carbons (Fsp3) is 0.933. The zero-order chi connectivity index (χ0) is 21.2. The zero-order valence-corrected chi connectivity index (χ0v) is 17.5. The monoisotopic (exact) mass is 438 g/mol. The molecular formula is C15H24FNaO12. The summed E-state index contributed by atoms with van der Waals surface area (Å²) in [7, 11) is 0. The number of carboxylic acids is 1. The summed E-state index contributed by atoms with van der Waals surface area (Å²) < 4.78 is 30.1. The van der Waals surface area contributed by atoms with E-state index < -0.39 is 93.0 Å². The number of aliphatic hydroxyl groups is 7. The van der Waals surface area contributed by atoms with E-state index in [0.717, 1.165) is 0 Å². The van der Waals surface area contributed by atoms with Crippen molar-refractivity contribution >= 4 is 5.97 Å². The first kappa shape index (κ1) is 27.0. The number of ether oxygens (including phenoxy) is 3. The van der Waals surface area contributed by atoms with Crippen molar-refractivity contribution in [2.24, 2.45) is 0 Å². The Morgan fingerprint density at radius 2 is 1.38 bits per heavy atom. The van der Waals surface area contributed by atoms with Crippen LogP contribution in [0.3, 0.4) is 0 Å². The molecule has 2 aliphatic rings. The molecule has 0 radical (unpaired) electrons. The maximum absolute atomic E-state index is 15.1. The maximum Gasteiger partial charge on any atom is 1.00 e. The first-order valence-corrected chi connectivity index (χ1v) is 8.52. The predicted octanol–water partition coefficient (Wildman–Crippen LogP) is -9.21. The Bertz CT molecular complexity index is 528. The molecule has 0 aliphatic carbocycles. The van der Waals surface area contributed by atoms with Crippen LogP contribution in [-0.4, -0.2) is 129 Å². The molecule has 0 saturated carbocycles. The number of carboxylic acid groups (broad SMARTS) is 1. The van der Waals surface area contributed by atoms with Gasteiger partial charge in [0.1, 0.15) is 61.0 Å². The number of carbonyl (C=O) groups excluding carboxylic acids is 1. The van der Waals surface area contributed by atoms with Gasteiger partial charge >= 0.3 is 29.6 Å². The Hall–Kier alpha value is -0.000000000000000444. The summed E-state index contributed by atoms with van der Waals surface area (Å²) in [6, 6.07) is 0. The number of halogens is 1. The first-order valence-electron chi connectivity index (χ1n) is 8.52. The number of rotatable bonds is 7. The standard InChI is InChI=1S/C15H25FO12.Na/c16-7(13-11(24)10(23)8(21)4(1-17)27-13)14-12(25)15(26-3-6(19)20)9(22)5(2-18)28-14;/h4-5,7-15,17-18,21-25H,1-3H2,(H,19,20);/q;+1/p-1/t4-,5-,7-,8-,9+,10+,11+,12+,13-,14+,15+;/m1./s1. The molecule has 0 aromatic heterocycles. The second-order valence-corrected chi connectivity index (χ2v) is 6.69. The van der Waals surface area contributed by atoms with E-state index in [4.69, 9.17) is 14.2 Å². The third-order valence-electron chi connectivity index (χ3n) is 4.85. The van der Waals surface area contributed by atoms with Crippen LogP contribution in [0.5, 0.6) is 0 Å². The van der Waals surface area contributed by atoms with Crippen molar-refractivity contribution in [1.29, 1.82) is 0 Å². The molecule has 0 bridgehead atoms. The summed E-state index contributed by atoms with van der Waals surface area (Å²) in [4.78, 5) is 10.6. The molecule has 2 saturated heterocycles. The Morgan fingerprint density at radius 1 is 0.897 bits per heavy atom. The van der Waals surface area contributed by atoms with E-state index in [1.54, 1.807) is 0 Å². The molecule has 0 spiro atoms. The Balaban J connectivity index is 0.00000420. The van der Waals surface area contributed by atoms with Gasteiger partial charge in [0.05, 0.1) is 25.8 Å². The molecule has 0 aromatic rings. The van der Waals surface area contributed by atoms with Gasteiger partial charge in [0, 0.05) is 0 Å². The van der Waals surface area contributed by atoms with E-state index in [1.807, 2.05) is 0 Å². The Kier molecular flexibility index (Phi) is 10.8. The van der Waals surface area contributed by atoms with E-state index in [9.17, 15) is 45.6 Å². The maximum atomic E-state index is 15.1. The van der Waals surface area contributed by atoms with Gasteiger partial charge in [-0.05, 0) is 0 Å². The summed E-state index contributed by atoms with van der Waals surface area (Å²) in [6.07, 6.45) is -19.9. The van der Waals surface area contributed by atoms with Crippen LogP contribution in [0.2, 0.25) is 0 Å². The van der Waals surface area contributed by atoms with Crippen molar-refractivity contribution in [3.8, 4) is 0 Å². The molecule has 7 N–H and O–H groups in total. The number of aliphatic carboxylic acids is 1. The van der Waals surface area contributed by atoms with E-state index in [2.05, 4.69) is 0 Å². The van der Waals surface area contributed by atoms with E-state index in [1.165, 1.54) is 0 Å². The topological polar surface area (TPSA) is 209 Å². The van der Waals surface area contributed by atoms with Crippen LogP contribution in [-0.2, 0) is 19.0 Å². The molecule has 12 nitrogen and oxygen atoms in total. The van der Waals surface area contributed by atoms with Crippen LogP contribution < -0.4 is 34.7 Å². The van der Waals surface area contributed by atoms with Crippen molar-refractivity contribution in [3.63, 3.8) is 0 Å². The largest absolute Gasteiger partial charge is 1.00 e. The average Bonchev–Trinajstić information content (AvgIpc) is 2.66. The third-order valence-corrected chi connectivity index (χ3v) is 4.85. The minimum absolute atomic E-state index is 0. The van der Waals surface area contributed by atoms with Gasteiger partial charge < -0.3 is 59.9 Å². The molecule has 14 heteroatoms. The second-order valence-electron chi connectivity index (χ2n) is 6.69. The summed E-state index contributed by atoms with van der Waals surface area (Å²) >= 11 is 0. The average molecular weight is 438 g/mol. The molecular weight excluding hydrogens is 414 g/mol. The number of hydrogen-bond donors (Lipinski definition) is 7. The molecule has 0 amide bonds. The van der Waals surface area contributed by atoms with Crippen LogP contribution in [0.25, 0.3) is 0 Å². The van der Waals surface area contributed by atoms with Gasteiger partial charge in [0.25, 0.3) is 0 Å². The molecule has 164 valence electrons. The molecule has 2 heterocycles. The smallest absolute Gasteiger partial charge is 0.548 e. The van der Waals surface area contributed by atoms with Crippen LogP contribution in [0.4, 0.5) is 4.39 Å². The predicted molar refractivity (Wildman–Crippen MR) is 81.2 cm³/mol. The van der Waals surface area contributed by atoms with Crippen molar-refractivity contribution in [3.05, 3.63) is 0 Å². The van der Waals surface area contributed by atoms with Crippen molar-refractivity contribution < 1.29 is 93.8 Å². The number of alkyl halides is 1. The van der Waals surface area contributed by atoms with Crippen LogP contribution in [0.1, 0.15) is 0 Å². The fourth-order valence-corrected chi connectivity index (χ4v) is 3.32. The molecule has 11 atom stereocenters. The summed E-state index contributed by atoms with van der Waals surface area (Å²) in [5.74, 6) is -1.67. The third kappa shape index (κ3) is 5.83. The zero-order valence-electron chi connectivity index (χ0n) is 15.5. The SMILES string of the molecule is O=C([O-])CO[C@@H]1[C@@H](O)[C@H]([C@H](F)[C@H]2O[C@H](CO)[C@@H](O)[C@H](O)[C@@H]2O)O[C@H](CO)[C@@H]1O.[Na+]. The van der Waals surface area contributed by atoms with E-state index >= 15 is 4.39 Å². The first-order chi connectivity index (χ1) is 13.1. The molecule has 2 fully saturated rings. The Morgan fingerprint density at radius 3 is 1.86 bits per heavy atom. The summed E-state index contributed by atoms with van der Waals surface area (Å²) in [6.45, 7) is -2.69. The van der Waals surface area contributed by atoms with E-state index in [-0.39, 0.29) is 29.6 Å². The number of carbonyl (C=O) groups is 1. The van der Waals surface area contributed by atoms with Gasteiger partial charge in [-0.1, -0.05) is 0 Å². The summed E-state index contributed by atoms with van der Waals surface area (Å²) in [5.41, 5.74) is 0. The van der Waals surface area contributed by atoms with Gasteiger partial charge in [0.15, 0.2) is 6.17 Å². The molecule has 0 unspecified atom stereocenters. The summed E-state index contributed by atoms with van der Waals surface area (Å²) in [5, 5.41) is 78.9. The van der Waals surface area contributed by atoms with Gasteiger partial charge in [-0.25, -0.2) is 4.39 Å². The van der Waals surface area contributed by atoms with Gasteiger partial charge in [-0.3, -0.25) is 0 Å². The van der Waals surface area contributed by atoms with Crippen molar-refractivity contribution in [1.82, 2.24) is 0 Å². The van der Waals surface area contributed by atoms with Crippen LogP contribution in [0.15, 0.2) is 0 Å². The van der Waals surface area contributed by atoms with Crippen molar-refractivity contribution in [2.75, 3.05) is 19.8 Å². The van der Waals surface area contributed by atoms with Gasteiger partial charge in [-0.15, -0.1) is 0 Å². The minimum atomic E-state index is -2.39. The number of hydrogen-bond acceptors (Lipinski definition) is 12. The normalized spacial score (nSPS) is 44.0. The molecule has 2 rings (SSSR count). The number of aliphatic hydroxyl groups excluding tert-OH is 7. The second kappa shape index (κ2) is 11.6. The minimum Gasteiger partial charge on any atom is -0.548 e.